The van der Waals surface area contributed by atoms with Crippen LogP contribution in [0.4, 0.5) is 0 Å². The molecule has 1 aromatic carbocycles. The molecule has 4 rings (SSSR count). The number of nitrogens with zero attached hydrogens (tertiary/aromatic N) is 3. The third-order valence-electron chi connectivity index (χ3n) is 5.80. The molecule has 3 N–H and O–H groups in total. The van der Waals surface area contributed by atoms with Crippen LogP contribution in [-0.2, 0) is 9.53 Å². The Morgan fingerprint density at radius 1 is 1.26 bits per heavy atom. The molecule has 0 fully saturated rings. The second-order valence-electron chi connectivity index (χ2n) is 7.71. The summed E-state index contributed by atoms with van der Waals surface area (Å²) in [7, 11) is 1.29. The number of ether oxygens (including phenoxy) is 1. The van der Waals surface area contributed by atoms with Crippen molar-refractivity contribution in [2.24, 2.45) is 5.73 Å². The summed E-state index contributed by atoms with van der Waals surface area (Å²) in [6, 6.07) is 11.6. The fourth-order valence-electron chi connectivity index (χ4n) is 4.19. The van der Waals surface area contributed by atoms with Gasteiger partial charge in [-0.25, -0.2) is 14.8 Å². The van der Waals surface area contributed by atoms with Crippen LogP contribution in [0.2, 0.25) is 5.15 Å². The van der Waals surface area contributed by atoms with Crippen LogP contribution < -0.4 is 11.2 Å². The molecule has 34 heavy (non-hydrogen) atoms. The molecule has 9 nitrogen and oxygen atoms in total. The third kappa shape index (κ3) is 4.00. The fourth-order valence-corrected chi connectivity index (χ4v) is 4.40. The second kappa shape index (κ2) is 9.37. The van der Waals surface area contributed by atoms with Gasteiger partial charge in [-0.15, -0.1) is 0 Å². The highest BCUT2D eigenvalue weighted by atomic mass is 35.5. The zero-order valence-corrected chi connectivity index (χ0v) is 18.9. The Morgan fingerprint density at radius 2 is 2.00 bits per heavy atom. The highest BCUT2D eigenvalue weighted by Gasteiger charge is 2.40. The number of nitrogens with one attached hydrogen (secondary N) is 1. The van der Waals surface area contributed by atoms with Crippen molar-refractivity contribution in [1.29, 1.82) is 5.26 Å². The Kier molecular flexibility index (Phi) is 6.34. The number of halogens is 1. The van der Waals surface area contributed by atoms with Gasteiger partial charge in [0.2, 0.25) is 0 Å². The van der Waals surface area contributed by atoms with Crippen molar-refractivity contribution in [3.63, 3.8) is 0 Å². The van der Waals surface area contributed by atoms with Gasteiger partial charge in [0.05, 0.1) is 35.8 Å². The number of hydrazine groups is 1. The van der Waals surface area contributed by atoms with Crippen LogP contribution >= 0.6 is 11.6 Å². The van der Waals surface area contributed by atoms with E-state index < -0.39 is 17.8 Å². The average molecular weight is 478 g/mol. The maximum Gasteiger partial charge on any atom is 0.337 e. The van der Waals surface area contributed by atoms with Gasteiger partial charge in [0, 0.05) is 23.9 Å². The molecule has 10 heteroatoms. The molecule has 172 valence electrons. The lowest BCUT2D eigenvalue weighted by molar-refractivity contribution is -0.116. The highest BCUT2D eigenvalue weighted by Crippen LogP contribution is 2.44. The first-order valence-electron chi connectivity index (χ1n) is 10.4. The molecule has 1 aliphatic carbocycles. The molecule has 2 heterocycles. The Morgan fingerprint density at radius 3 is 2.65 bits per heavy atom. The first-order chi connectivity index (χ1) is 16.4. The number of nitrogens with two attached hydrogens (primary N) is 1. The molecule has 0 bridgehead atoms. The molecule has 1 unspecified atom stereocenters. The highest BCUT2D eigenvalue weighted by molar-refractivity contribution is 6.32. The number of carbonyl (C=O) groups is 3. The monoisotopic (exact) mass is 477 g/mol. The summed E-state index contributed by atoms with van der Waals surface area (Å²) >= 11 is 6.05. The van der Waals surface area contributed by atoms with Gasteiger partial charge in [0.25, 0.3) is 5.91 Å². The number of amides is 1. The van der Waals surface area contributed by atoms with Gasteiger partial charge in [-0.3, -0.25) is 15.0 Å². The molecule has 0 saturated carbocycles. The Labute approximate surface area is 200 Å². The lowest BCUT2D eigenvalue weighted by Crippen LogP contribution is -2.48. The molecule has 1 amide bonds. The topological polar surface area (TPSA) is 138 Å². The number of hydrogen-bond donors (Lipinski definition) is 2. The van der Waals surface area contributed by atoms with Crippen molar-refractivity contribution in [2.45, 2.75) is 25.2 Å². The van der Waals surface area contributed by atoms with Gasteiger partial charge in [0.1, 0.15) is 11.0 Å². The van der Waals surface area contributed by atoms with Crippen LogP contribution in [0.5, 0.6) is 0 Å². The number of carbonyl (C=O) groups excluding carboxylic acids is 3. The fraction of sp³-hybridized carbons (Fsp3) is 0.208. The van der Waals surface area contributed by atoms with E-state index in [2.05, 4.69) is 16.5 Å². The summed E-state index contributed by atoms with van der Waals surface area (Å²) in [6.45, 7) is 0. The number of nitriles is 1. The van der Waals surface area contributed by atoms with E-state index in [9.17, 15) is 19.6 Å². The van der Waals surface area contributed by atoms with E-state index in [4.69, 9.17) is 22.1 Å². The number of aromatic nitrogens is 1. The lowest BCUT2D eigenvalue weighted by Gasteiger charge is -2.39. The predicted octanol–water partition coefficient (Wildman–Crippen LogP) is 2.97. The van der Waals surface area contributed by atoms with Crippen molar-refractivity contribution in [1.82, 2.24) is 15.4 Å². The third-order valence-corrected chi connectivity index (χ3v) is 6.10. The van der Waals surface area contributed by atoms with Gasteiger partial charge in [-0.1, -0.05) is 23.7 Å². The van der Waals surface area contributed by atoms with E-state index in [-0.39, 0.29) is 27.9 Å². The van der Waals surface area contributed by atoms with E-state index in [0.717, 1.165) is 0 Å². The second-order valence-corrected chi connectivity index (χ2v) is 8.07. The van der Waals surface area contributed by atoms with Crippen molar-refractivity contribution in [3.05, 3.63) is 87.1 Å². The van der Waals surface area contributed by atoms with Gasteiger partial charge in [-0.05, 0) is 42.7 Å². The Hall–Kier alpha value is -4.16. The van der Waals surface area contributed by atoms with Crippen LogP contribution in [-0.4, -0.2) is 34.8 Å². The summed E-state index contributed by atoms with van der Waals surface area (Å²) in [5.41, 5.74) is 11.2. The number of benzene rings is 1. The molecule has 1 atom stereocenters. The first kappa shape index (κ1) is 23.0. The zero-order chi connectivity index (χ0) is 24.4. The number of rotatable bonds is 4. The van der Waals surface area contributed by atoms with Gasteiger partial charge >= 0.3 is 5.97 Å². The smallest absolute Gasteiger partial charge is 0.337 e. The number of methoxy groups -OCH3 is 1. The van der Waals surface area contributed by atoms with Crippen molar-refractivity contribution in [2.75, 3.05) is 7.11 Å². The molecule has 1 aromatic heterocycles. The summed E-state index contributed by atoms with van der Waals surface area (Å²) < 4.78 is 4.74. The van der Waals surface area contributed by atoms with Crippen LogP contribution in [0, 0.1) is 11.3 Å². The van der Waals surface area contributed by atoms with Crippen LogP contribution in [0.1, 0.15) is 51.5 Å². The molecule has 0 saturated heterocycles. The molecule has 0 spiro atoms. The standard InChI is InChI=1S/C24H20ClN5O4/c1-34-24(33)14-9-7-13(8-10-14)19-16(12-26)22(27)30(17-5-2-6-18(31)20(17)19)29-23(32)15-4-3-11-28-21(15)25/h3-4,7-11,19H,2,5-6,27H2,1H3,(H,29,32). The number of Topliss-reactive ketones (excluding diaryl/α,β-unsaturated/α-hetero) is 1. The minimum absolute atomic E-state index is 0.00589. The van der Waals surface area contributed by atoms with E-state index in [1.807, 2.05) is 0 Å². The quantitative estimate of drug-likeness (QED) is 0.506. The Balaban J connectivity index is 1.79. The van der Waals surface area contributed by atoms with Gasteiger partial charge < -0.3 is 10.5 Å². The number of hydrogen-bond acceptors (Lipinski definition) is 8. The van der Waals surface area contributed by atoms with Crippen molar-refractivity contribution >= 4 is 29.3 Å². The van der Waals surface area contributed by atoms with Crippen LogP contribution in [0.3, 0.4) is 0 Å². The van der Waals surface area contributed by atoms with Gasteiger partial charge in [0.15, 0.2) is 5.78 Å². The summed E-state index contributed by atoms with van der Waals surface area (Å²) in [6.07, 6.45) is 2.81. The van der Waals surface area contributed by atoms with E-state index in [1.54, 1.807) is 30.3 Å². The maximum absolute atomic E-state index is 13.1. The summed E-state index contributed by atoms with van der Waals surface area (Å²) in [4.78, 5) is 41.7. The van der Waals surface area contributed by atoms with E-state index in [0.29, 0.717) is 41.7 Å². The molecule has 0 radical (unpaired) electrons. The van der Waals surface area contributed by atoms with Gasteiger partial charge in [-0.2, -0.15) is 5.26 Å². The van der Waals surface area contributed by atoms with E-state index in [1.165, 1.54) is 24.4 Å². The van der Waals surface area contributed by atoms with E-state index >= 15 is 0 Å². The first-order valence-corrected chi connectivity index (χ1v) is 10.8. The predicted molar refractivity (Wildman–Crippen MR) is 122 cm³/mol. The summed E-state index contributed by atoms with van der Waals surface area (Å²) in [5, 5.41) is 11.3. The minimum Gasteiger partial charge on any atom is -0.465 e. The number of esters is 1. The number of allylic oxidation sites excluding steroid dienone is 3. The number of ketones is 1. The maximum atomic E-state index is 13.1. The minimum atomic E-state index is -0.727. The lowest BCUT2D eigenvalue weighted by atomic mass is 9.76. The molecule has 1 aliphatic heterocycles. The largest absolute Gasteiger partial charge is 0.465 e. The molecular weight excluding hydrogens is 458 g/mol. The Bertz CT molecular complexity index is 1290. The molecular formula is C24H20ClN5O4. The van der Waals surface area contributed by atoms with Crippen molar-refractivity contribution < 1.29 is 19.1 Å². The molecule has 2 aromatic rings. The summed E-state index contributed by atoms with van der Waals surface area (Å²) in [5.74, 6) is -1.94. The number of pyridine rings is 1. The molecule has 2 aliphatic rings. The zero-order valence-electron chi connectivity index (χ0n) is 18.2. The van der Waals surface area contributed by atoms with Crippen LogP contribution in [0.15, 0.2) is 65.3 Å². The normalized spacial score (nSPS) is 17.7. The average Bonchev–Trinajstić information content (AvgIpc) is 2.85. The SMILES string of the molecule is COC(=O)c1ccc(C2C(C#N)=C(N)N(NC(=O)c3cccnc3Cl)C3=C2C(=O)CCC3)cc1. The van der Waals surface area contributed by atoms with Crippen LogP contribution in [0.25, 0.3) is 0 Å². The van der Waals surface area contributed by atoms with Crippen molar-refractivity contribution in [3.8, 4) is 6.07 Å².